The van der Waals surface area contributed by atoms with Gasteiger partial charge >= 0.3 is 16.2 Å². The third-order valence-corrected chi connectivity index (χ3v) is 7.47. The summed E-state index contributed by atoms with van der Waals surface area (Å²) in [5.41, 5.74) is 5.84. The van der Waals surface area contributed by atoms with E-state index in [0.717, 1.165) is 59.6 Å². The van der Waals surface area contributed by atoms with E-state index in [2.05, 4.69) is 39.5 Å². The number of urea groups is 1. The third-order valence-electron chi connectivity index (χ3n) is 6.03. The summed E-state index contributed by atoms with van der Waals surface area (Å²) in [6.45, 7) is 7.26. The van der Waals surface area contributed by atoms with Crippen molar-refractivity contribution in [2.24, 2.45) is 12.0 Å². The number of aromatic nitrogens is 2. The van der Waals surface area contributed by atoms with Crippen molar-refractivity contribution in [2.45, 2.75) is 44.6 Å². The first kappa shape index (κ1) is 22.1. The van der Waals surface area contributed by atoms with Crippen LogP contribution in [0.5, 0.6) is 0 Å². The maximum Gasteiger partial charge on any atom is 0.334 e. The Balaban J connectivity index is 1.62. The molecule has 2 amide bonds. The maximum absolute atomic E-state index is 13.3. The van der Waals surface area contributed by atoms with Gasteiger partial charge in [0.25, 0.3) is 0 Å². The van der Waals surface area contributed by atoms with Crippen LogP contribution in [0.25, 0.3) is 0 Å². The van der Waals surface area contributed by atoms with Gasteiger partial charge in [-0.2, -0.15) is 13.5 Å². The van der Waals surface area contributed by atoms with E-state index in [1.165, 1.54) is 28.1 Å². The molecule has 32 heavy (non-hydrogen) atoms. The monoisotopic (exact) mass is 456 g/mol. The van der Waals surface area contributed by atoms with Crippen LogP contribution in [0.15, 0.2) is 36.1 Å². The minimum atomic E-state index is -4.28. The molecule has 1 heterocycles. The van der Waals surface area contributed by atoms with Crippen molar-refractivity contribution < 1.29 is 13.2 Å². The molecule has 1 aromatic heterocycles. The van der Waals surface area contributed by atoms with Gasteiger partial charge in [0.1, 0.15) is 0 Å². The molecule has 1 atom stereocenters. The van der Waals surface area contributed by atoms with Crippen LogP contribution in [0.2, 0.25) is 0 Å². The number of carbonyl (C=O) groups is 1. The Labute approximate surface area is 188 Å². The normalized spacial score (nSPS) is 15.5. The van der Waals surface area contributed by atoms with E-state index in [4.69, 9.17) is 0 Å². The zero-order valence-electron chi connectivity index (χ0n) is 18.2. The zero-order valence-corrected chi connectivity index (χ0v) is 19.0. The fourth-order valence-corrected chi connectivity index (χ4v) is 5.94. The Morgan fingerprint density at radius 1 is 1.28 bits per heavy atom. The first-order valence-corrected chi connectivity index (χ1v) is 12.1. The topological polar surface area (TPSA) is 109 Å². The minimum absolute atomic E-state index is 0.0840. The Kier molecular flexibility index (Phi) is 6.05. The van der Waals surface area contributed by atoms with E-state index in [0.29, 0.717) is 5.69 Å². The van der Waals surface area contributed by atoms with Crippen LogP contribution in [0, 0.1) is 0 Å². The van der Waals surface area contributed by atoms with Crippen molar-refractivity contribution in [3.8, 4) is 0 Å². The molecule has 0 spiro atoms. The number of nitrogens with one attached hydrogen (secondary N) is 2. The van der Waals surface area contributed by atoms with E-state index in [9.17, 15) is 13.2 Å². The molecule has 1 unspecified atom stereocenters. The lowest BCUT2D eigenvalue weighted by Gasteiger charge is -2.28. The molecule has 170 valence electrons. The van der Waals surface area contributed by atoms with Crippen LogP contribution in [0.3, 0.4) is 0 Å². The minimum Gasteiger partial charge on any atom is -0.307 e. The lowest BCUT2D eigenvalue weighted by atomic mass is 9.99. The van der Waals surface area contributed by atoms with Crippen LogP contribution in [-0.2, 0) is 42.9 Å². The zero-order chi connectivity index (χ0) is 22.9. The Hall–Kier alpha value is -3.14. The molecule has 1 aromatic carbocycles. The molecule has 2 aromatic rings. The van der Waals surface area contributed by atoms with Gasteiger partial charge in [-0.3, -0.25) is 9.67 Å². The second-order valence-electron chi connectivity index (χ2n) is 8.17. The summed E-state index contributed by atoms with van der Waals surface area (Å²) >= 11 is 0. The van der Waals surface area contributed by atoms with Crippen molar-refractivity contribution >= 4 is 34.3 Å². The molecule has 0 saturated heterocycles. The molecule has 0 fully saturated rings. The molecule has 0 radical (unpaired) electrons. The van der Waals surface area contributed by atoms with Gasteiger partial charge in [-0.1, -0.05) is 12.1 Å². The van der Waals surface area contributed by atoms with Crippen LogP contribution in [0.1, 0.15) is 35.1 Å². The molecule has 10 heteroatoms. The molecule has 9 nitrogen and oxygen atoms in total. The van der Waals surface area contributed by atoms with Gasteiger partial charge in [0.2, 0.25) is 0 Å². The number of hydrogen-bond donors (Lipinski definition) is 2. The number of amides is 2. The second kappa shape index (κ2) is 8.78. The number of nitrogens with zero attached hydrogens (tertiary/aromatic N) is 4. The summed E-state index contributed by atoms with van der Waals surface area (Å²) in [5, 5.41) is 6.92. The summed E-state index contributed by atoms with van der Waals surface area (Å²) in [7, 11) is -2.60. The Morgan fingerprint density at radius 3 is 2.47 bits per heavy atom. The van der Waals surface area contributed by atoms with Crippen LogP contribution >= 0.6 is 0 Å². The Morgan fingerprint density at radius 2 is 1.94 bits per heavy atom. The largest absolute Gasteiger partial charge is 0.334 e. The molecule has 2 aliphatic rings. The summed E-state index contributed by atoms with van der Waals surface area (Å²) in [5.74, 6) is 0. The highest BCUT2D eigenvalue weighted by Gasteiger charge is 2.32. The maximum atomic E-state index is 13.3. The summed E-state index contributed by atoms with van der Waals surface area (Å²) in [6.07, 6.45) is 10.2. The van der Waals surface area contributed by atoms with E-state index >= 15 is 0 Å². The highest BCUT2D eigenvalue weighted by molar-refractivity contribution is 7.91. The summed E-state index contributed by atoms with van der Waals surface area (Å²) < 4.78 is 31.3. The van der Waals surface area contributed by atoms with Gasteiger partial charge in [0, 0.05) is 18.9 Å². The first-order chi connectivity index (χ1) is 15.3. The first-order valence-electron chi connectivity index (χ1n) is 10.7. The molecular formula is C22H28N6O3S. The number of anilines is 2. The van der Waals surface area contributed by atoms with Crippen LogP contribution in [0.4, 0.5) is 16.2 Å². The van der Waals surface area contributed by atoms with Gasteiger partial charge < -0.3 is 5.32 Å². The number of rotatable bonds is 8. The molecule has 0 saturated carbocycles. The molecular weight excluding hydrogens is 428 g/mol. The number of hydrogen-bond acceptors (Lipinski definition) is 5. The van der Waals surface area contributed by atoms with E-state index in [-0.39, 0.29) is 6.54 Å². The van der Waals surface area contributed by atoms with Crippen molar-refractivity contribution in [1.82, 2.24) is 14.5 Å². The summed E-state index contributed by atoms with van der Waals surface area (Å²) in [6, 6.07) is 0.737. The van der Waals surface area contributed by atoms with Gasteiger partial charge in [0.15, 0.2) is 0 Å². The fraction of sp³-hybridized carbons (Fsp3) is 0.409. The quantitative estimate of drug-likeness (QED) is 0.470. The van der Waals surface area contributed by atoms with Crippen LogP contribution in [-0.4, -0.2) is 43.5 Å². The van der Waals surface area contributed by atoms with Crippen molar-refractivity contribution in [1.29, 1.82) is 0 Å². The number of aryl methyl sites for hydroxylation is 3. The van der Waals surface area contributed by atoms with Gasteiger partial charge in [-0.25, -0.2) is 13.8 Å². The molecule has 0 bridgehead atoms. The lowest BCUT2D eigenvalue weighted by Crippen LogP contribution is -2.50. The van der Waals surface area contributed by atoms with E-state index in [1.54, 1.807) is 13.2 Å². The average Bonchev–Trinajstić information content (AvgIpc) is 3.47. The molecule has 0 aliphatic heterocycles. The van der Waals surface area contributed by atoms with E-state index in [1.807, 2.05) is 0 Å². The Bertz CT molecular complexity index is 1140. The highest BCUT2D eigenvalue weighted by Crippen LogP contribution is 2.38. The SMILES string of the molecule is C=CC(CN=C)N(c1cnn(C)c1)S(=O)(=O)NC(=O)Nc1c2c(cc3c1CCC3)CCC2. The third kappa shape index (κ3) is 4.14. The standard InChI is InChI=1S/C22H28N6O3S/c1-4-17(12-23-2)28(18-13-24-27(3)14-18)32(30,31)26-22(29)25-21-19-9-5-7-15(19)11-16-8-6-10-20(16)21/h4,11,13-14,17H,1-2,5-10,12H2,3H3,(H2,25,26,29). The predicted molar refractivity (Wildman–Crippen MR) is 126 cm³/mol. The van der Waals surface area contributed by atoms with Gasteiger partial charge in [-0.05, 0) is 67.5 Å². The second-order valence-corrected chi connectivity index (χ2v) is 9.72. The number of carbonyl (C=O) groups excluding carboxylic acids is 1. The summed E-state index contributed by atoms with van der Waals surface area (Å²) in [4.78, 5) is 16.7. The highest BCUT2D eigenvalue weighted by atomic mass is 32.2. The molecule has 4 rings (SSSR count). The van der Waals surface area contributed by atoms with Crippen molar-refractivity contribution in [2.75, 3.05) is 16.2 Å². The number of benzene rings is 1. The molecule has 2 aliphatic carbocycles. The molecule has 2 N–H and O–H groups in total. The van der Waals surface area contributed by atoms with Gasteiger partial charge in [-0.15, -0.1) is 6.58 Å². The van der Waals surface area contributed by atoms with E-state index < -0.39 is 22.3 Å². The fourth-order valence-electron chi connectivity index (χ4n) is 4.68. The van der Waals surface area contributed by atoms with Crippen molar-refractivity contribution in [3.05, 3.63) is 53.4 Å². The average molecular weight is 457 g/mol. The smallest absolute Gasteiger partial charge is 0.307 e. The van der Waals surface area contributed by atoms with Gasteiger partial charge in [0.05, 0.1) is 24.5 Å². The van der Waals surface area contributed by atoms with Crippen LogP contribution < -0.4 is 14.3 Å². The lowest BCUT2D eigenvalue weighted by molar-refractivity contribution is 0.256. The number of fused-ring (bicyclic) bond motifs is 2. The predicted octanol–water partition coefficient (Wildman–Crippen LogP) is 2.53. The number of aliphatic imine (C=N–C) groups is 1. The van der Waals surface area contributed by atoms with Crippen molar-refractivity contribution in [3.63, 3.8) is 0 Å².